The molecule has 0 heterocycles. The molecule has 1 aromatic carbocycles. The predicted octanol–water partition coefficient (Wildman–Crippen LogP) is 2.40. The summed E-state index contributed by atoms with van der Waals surface area (Å²) < 4.78 is 0. The van der Waals surface area contributed by atoms with Crippen molar-refractivity contribution in [1.82, 2.24) is 5.32 Å². The monoisotopic (exact) mass is 277 g/mol. The highest BCUT2D eigenvalue weighted by molar-refractivity contribution is 5.80. The number of aryl methyl sites for hydroxylation is 1. The molecule has 0 radical (unpaired) electrons. The smallest absolute Gasteiger partial charge is 0.310 e. The number of carbonyl (C=O) groups is 2. The second-order valence-electron chi connectivity index (χ2n) is 6.00. The molecule has 0 saturated carbocycles. The van der Waals surface area contributed by atoms with Crippen molar-refractivity contribution in [3.63, 3.8) is 0 Å². The minimum Gasteiger partial charge on any atom is -0.481 e. The molecule has 4 nitrogen and oxygen atoms in total. The van der Waals surface area contributed by atoms with Crippen LogP contribution in [0.4, 0.5) is 0 Å². The fourth-order valence-electron chi connectivity index (χ4n) is 1.73. The van der Waals surface area contributed by atoms with Gasteiger partial charge in [0.25, 0.3) is 0 Å². The van der Waals surface area contributed by atoms with Crippen LogP contribution >= 0.6 is 0 Å². The summed E-state index contributed by atoms with van der Waals surface area (Å²) in [5.74, 6) is -1.20. The first kappa shape index (κ1) is 16.2. The molecule has 1 unspecified atom stereocenters. The van der Waals surface area contributed by atoms with E-state index in [9.17, 15) is 9.59 Å². The molecule has 0 aliphatic carbocycles. The second-order valence-corrected chi connectivity index (χ2v) is 6.00. The molecule has 1 aromatic rings. The number of nitrogens with one attached hydrogen (secondary N) is 1. The van der Waals surface area contributed by atoms with Gasteiger partial charge >= 0.3 is 5.97 Å². The molecule has 0 fully saturated rings. The van der Waals surface area contributed by atoms with Crippen LogP contribution in [-0.2, 0) is 16.0 Å². The second kappa shape index (κ2) is 6.55. The Bertz CT molecular complexity index is 477. The molecule has 20 heavy (non-hydrogen) atoms. The summed E-state index contributed by atoms with van der Waals surface area (Å²) in [6.45, 7) is 7.21. The predicted molar refractivity (Wildman–Crippen MR) is 78.5 cm³/mol. The van der Waals surface area contributed by atoms with Gasteiger partial charge in [-0.2, -0.15) is 0 Å². The van der Waals surface area contributed by atoms with Gasteiger partial charge in [0.1, 0.15) is 0 Å². The summed E-state index contributed by atoms with van der Waals surface area (Å²) in [5.41, 5.74) is 1.35. The zero-order valence-electron chi connectivity index (χ0n) is 12.6. The molecule has 0 aliphatic rings. The topological polar surface area (TPSA) is 66.4 Å². The first-order valence-electron chi connectivity index (χ1n) is 6.79. The van der Waals surface area contributed by atoms with Crippen LogP contribution in [0.2, 0.25) is 0 Å². The van der Waals surface area contributed by atoms with Gasteiger partial charge in [-0.25, -0.2) is 0 Å². The Morgan fingerprint density at radius 1 is 1.25 bits per heavy atom. The average Bonchev–Trinajstić information content (AvgIpc) is 2.38. The number of benzene rings is 1. The standard InChI is InChI=1S/C16H23NO3/c1-11-5-7-13(8-6-11)9-12(2)14(18)17-10-16(3,4)15(19)20/h5-8,12H,9-10H2,1-4H3,(H,17,18)(H,19,20). The molecular weight excluding hydrogens is 254 g/mol. The largest absolute Gasteiger partial charge is 0.481 e. The molecule has 0 spiro atoms. The molecule has 4 heteroatoms. The van der Waals surface area contributed by atoms with Crippen LogP contribution in [0.1, 0.15) is 31.9 Å². The van der Waals surface area contributed by atoms with Crippen LogP contribution in [-0.4, -0.2) is 23.5 Å². The van der Waals surface area contributed by atoms with Crippen LogP contribution in [0.5, 0.6) is 0 Å². The average molecular weight is 277 g/mol. The van der Waals surface area contributed by atoms with Crippen molar-refractivity contribution in [2.75, 3.05) is 6.54 Å². The van der Waals surface area contributed by atoms with E-state index in [0.717, 1.165) is 5.56 Å². The quantitative estimate of drug-likeness (QED) is 0.839. The van der Waals surface area contributed by atoms with Crippen molar-refractivity contribution < 1.29 is 14.7 Å². The third kappa shape index (κ3) is 4.68. The lowest BCUT2D eigenvalue weighted by molar-refractivity contribution is -0.146. The summed E-state index contributed by atoms with van der Waals surface area (Å²) >= 11 is 0. The lowest BCUT2D eigenvalue weighted by Gasteiger charge is -2.21. The Hall–Kier alpha value is -1.84. The van der Waals surface area contributed by atoms with Crippen LogP contribution in [0.25, 0.3) is 0 Å². The SMILES string of the molecule is Cc1ccc(CC(C)C(=O)NCC(C)(C)C(=O)O)cc1. The fourth-order valence-corrected chi connectivity index (χ4v) is 1.73. The van der Waals surface area contributed by atoms with Crippen LogP contribution in [0.15, 0.2) is 24.3 Å². The molecule has 2 N–H and O–H groups in total. The number of hydrogen-bond acceptors (Lipinski definition) is 2. The number of aliphatic carboxylic acids is 1. The minimum atomic E-state index is -0.945. The zero-order chi connectivity index (χ0) is 15.3. The lowest BCUT2D eigenvalue weighted by Crippen LogP contribution is -2.41. The summed E-state index contributed by atoms with van der Waals surface area (Å²) in [5, 5.41) is 11.7. The molecule has 1 atom stereocenters. The number of rotatable bonds is 6. The number of carboxylic acids is 1. The molecular formula is C16H23NO3. The van der Waals surface area contributed by atoms with Gasteiger partial charge in [-0.05, 0) is 32.8 Å². The van der Waals surface area contributed by atoms with E-state index in [4.69, 9.17) is 5.11 Å². The van der Waals surface area contributed by atoms with E-state index in [1.165, 1.54) is 5.56 Å². The van der Waals surface area contributed by atoms with Gasteiger partial charge in [0, 0.05) is 12.5 Å². The highest BCUT2D eigenvalue weighted by Gasteiger charge is 2.28. The Labute approximate surface area is 120 Å². The van der Waals surface area contributed by atoms with Crippen molar-refractivity contribution >= 4 is 11.9 Å². The number of carbonyl (C=O) groups excluding carboxylic acids is 1. The van der Waals surface area contributed by atoms with Crippen molar-refractivity contribution in [3.05, 3.63) is 35.4 Å². The molecule has 110 valence electrons. The van der Waals surface area contributed by atoms with Gasteiger partial charge in [0.15, 0.2) is 0 Å². The Morgan fingerprint density at radius 3 is 2.30 bits per heavy atom. The van der Waals surface area contributed by atoms with Crippen LogP contribution < -0.4 is 5.32 Å². The number of carboxylic acid groups (broad SMARTS) is 1. The van der Waals surface area contributed by atoms with E-state index in [2.05, 4.69) is 5.32 Å². The van der Waals surface area contributed by atoms with Gasteiger partial charge in [-0.3, -0.25) is 9.59 Å². The summed E-state index contributed by atoms with van der Waals surface area (Å²) in [4.78, 5) is 23.0. The van der Waals surface area contributed by atoms with Gasteiger partial charge in [-0.15, -0.1) is 0 Å². The van der Waals surface area contributed by atoms with Gasteiger partial charge < -0.3 is 10.4 Å². The van der Waals surface area contributed by atoms with Gasteiger partial charge in [0.2, 0.25) is 5.91 Å². The van der Waals surface area contributed by atoms with Gasteiger partial charge in [-0.1, -0.05) is 36.8 Å². The van der Waals surface area contributed by atoms with E-state index in [1.54, 1.807) is 13.8 Å². The van der Waals surface area contributed by atoms with Crippen molar-refractivity contribution in [2.45, 2.75) is 34.1 Å². The van der Waals surface area contributed by atoms with Crippen LogP contribution in [0, 0.1) is 18.3 Å². The van der Waals surface area contributed by atoms with E-state index < -0.39 is 11.4 Å². The highest BCUT2D eigenvalue weighted by Crippen LogP contribution is 2.14. The normalized spacial score (nSPS) is 12.8. The molecule has 1 amide bonds. The van der Waals surface area contributed by atoms with Crippen molar-refractivity contribution in [3.8, 4) is 0 Å². The fraction of sp³-hybridized carbons (Fsp3) is 0.500. The molecule has 0 saturated heterocycles. The number of hydrogen-bond donors (Lipinski definition) is 2. The van der Waals surface area contributed by atoms with Crippen molar-refractivity contribution in [2.24, 2.45) is 11.3 Å². The summed E-state index contributed by atoms with van der Waals surface area (Å²) in [6.07, 6.45) is 0.652. The lowest BCUT2D eigenvalue weighted by atomic mass is 9.93. The Morgan fingerprint density at radius 2 is 1.80 bits per heavy atom. The Balaban J connectivity index is 2.51. The molecule has 0 aromatic heterocycles. The molecule has 0 aliphatic heterocycles. The highest BCUT2D eigenvalue weighted by atomic mass is 16.4. The maximum atomic E-state index is 12.0. The maximum absolute atomic E-state index is 12.0. The van der Waals surface area contributed by atoms with Crippen LogP contribution in [0.3, 0.4) is 0 Å². The first-order valence-corrected chi connectivity index (χ1v) is 6.79. The minimum absolute atomic E-state index is 0.111. The Kier molecular flexibility index (Phi) is 5.31. The van der Waals surface area contributed by atoms with E-state index >= 15 is 0 Å². The van der Waals surface area contributed by atoms with Gasteiger partial charge in [0.05, 0.1) is 5.41 Å². The summed E-state index contributed by atoms with van der Waals surface area (Å²) in [6, 6.07) is 8.07. The van der Waals surface area contributed by atoms with Crippen molar-refractivity contribution in [1.29, 1.82) is 0 Å². The maximum Gasteiger partial charge on any atom is 0.310 e. The molecule has 1 rings (SSSR count). The van der Waals surface area contributed by atoms with E-state index in [1.807, 2.05) is 38.1 Å². The van der Waals surface area contributed by atoms with E-state index in [0.29, 0.717) is 6.42 Å². The molecule has 0 bridgehead atoms. The zero-order valence-corrected chi connectivity index (χ0v) is 12.6. The first-order chi connectivity index (χ1) is 9.22. The third-order valence-electron chi connectivity index (χ3n) is 3.39. The number of amides is 1. The van der Waals surface area contributed by atoms with E-state index in [-0.39, 0.29) is 18.4 Å². The third-order valence-corrected chi connectivity index (χ3v) is 3.39. The summed E-state index contributed by atoms with van der Waals surface area (Å²) in [7, 11) is 0.